The minimum Gasteiger partial charge on any atom is -0.370 e. The van der Waals surface area contributed by atoms with Gasteiger partial charge in [0.25, 0.3) is 5.91 Å². The minimum absolute atomic E-state index is 0.128. The molecular formula is C14H18ClN5OS. The lowest BCUT2D eigenvalue weighted by molar-refractivity contribution is 0.0959. The highest BCUT2D eigenvalue weighted by Crippen LogP contribution is 2.20. The average molecular weight is 340 g/mol. The van der Waals surface area contributed by atoms with Gasteiger partial charge in [0.15, 0.2) is 0 Å². The number of hydrogen-bond acceptors (Lipinski definition) is 6. The van der Waals surface area contributed by atoms with Crippen LogP contribution in [0.4, 0.5) is 11.8 Å². The van der Waals surface area contributed by atoms with E-state index < -0.39 is 0 Å². The second-order valence-electron chi connectivity index (χ2n) is 4.53. The van der Waals surface area contributed by atoms with Gasteiger partial charge in [0.05, 0.1) is 9.21 Å². The summed E-state index contributed by atoms with van der Waals surface area (Å²) in [5.41, 5.74) is 0.880. The highest BCUT2D eigenvalue weighted by Gasteiger charge is 2.07. The molecule has 0 aliphatic rings. The van der Waals surface area contributed by atoms with E-state index in [0.717, 1.165) is 18.1 Å². The molecule has 3 N–H and O–H groups in total. The predicted molar refractivity (Wildman–Crippen MR) is 91.1 cm³/mol. The molecule has 0 unspecified atom stereocenters. The van der Waals surface area contributed by atoms with E-state index in [4.69, 9.17) is 11.6 Å². The monoisotopic (exact) mass is 339 g/mol. The van der Waals surface area contributed by atoms with Crippen molar-refractivity contribution in [3.8, 4) is 0 Å². The van der Waals surface area contributed by atoms with Gasteiger partial charge in [-0.05, 0) is 26.0 Å². The molecule has 118 valence electrons. The number of aryl methyl sites for hydroxylation is 1. The highest BCUT2D eigenvalue weighted by atomic mass is 35.5. The molecule has 2 aromatic heterocycles. The van der Waals surface area contributed by atoms with E-state index in [2.05, 4.69) is 25.9 Å². The third kappa shape index (κ3) is 4.85. The molecule has 0 fully saturated rings. The maximum atomic E-state index is 11.8. The van der Waals surface area contributed by atoms with E-state index in [1.54, 1.807) is 12.1 Å². The number of halogens is 1. The molecule has 0 atom stereocenters. The number of anilines is 2. The van der Waals surface area contributed by atoms with Crippen molar-refractivity contribution in [2.45, 2.75) is 13.8 Å². The van der Waals surface area contributed by atoms with Crippen molar-refractivity contribution < 1.29 is 4.79 Å². The van der Waals surface area contributed by atoms with Gasteiger partial charge >= 0.3 is 0 Å². The van der Waals surface area contributed by atoms with Crippen molar-refractivity contribution in [3.05, 3.63) is 33.1 Å². The summed E-state index contributed by atoms with van der Waals surface area (Å²) in [6.45, 7) is 5.74. The Kier molecular flexibility index (Phi) is 5.97. The summed E-state index contributed by atoms with van der Waals surface area (Å²) in [5, 5.41) is 9.06. The Morgan fingerprint density at radius 3 is 2.77 bits per heavy atom. The van der Waals surface area contributed by atoms with Crippen LogP contribution in [0, 0.1) is 6.92 Å². The Morgan fingerprint density at radius 1 is 1.27 bits per heavy atom. The van der Waals surface area contributed by atoms with Crippen LogP contribution in [-0.2, 0) is 0 Å². The summed E-state index contributed by atoms with van der Waals surface area (Å²) in [7, 11) is 0. The molecule has 1 amide bonds. The third-order valence-corrected chi connectivity index (χ3v) is 3.93. The minimum atomic E-state index is -0.128. The molecule has 0 bridgehead atoms. The molecule has 2 rings (SSSR count). The Labute approximate surface area is 138 Å². The van der Waals surface area contributed by atoms with Crippen LogP contribution in [0.15, 0.2) is 18.2 Å². The molecule has 0 aromatic carbocycles. The van der Waals surface area contributed by atoms with Crippen LogP contribution < -0.4 is 16.0 Å². The Balaban J connectivity index is 1.80. The zero-order chi connectivity index (χ0) is 15.9. The first-order chi connectivity index (χ1) is 10.6. The van der Waals surface area contributed by atoms with Crippen LogP contribution in [0.3, 0.4) is 0 Å². The fraction of sp³-hybridized carbons (Fsp3) is 0.357. The molecular weight excluding hydrogens is 322 g/mol. The normalized spacial score (nSPS) is 10.3. The van der Waals surface area contributed by atoms with Crippen LogP contribution in [-0.4, -0.2) is 35.5 Å². The predicted octanol–water partition coefficient (Wildman–Crippen LogP) is 2.77. The number of nitrogens with one attached hydrogen (secondary N) is 3. The molecule has 8 heteroatoms. The Hall–Kier alpha value is -1.86. The van der Waals surface area contributed by atoms with Gasteiger partial charge in [-0.25, -0.2) is 4.98 Å². The van der Waals surface area contributed by atoms with Gasteiger partial charge in [0.2, 0.25) is 5.95 Å². The van der Waals surface area contributed by atoms with Crippen molar-refractivity contribution in [2.24, 2.45) is 0 Å². The van der Waals surface area contributed by atoms with Gasteiger partial charge in [-0.15, -0.1) is 11.3 Å². The lowest BCUT2D eigenvalue weighted by Gasteiger charge is -2.09. The lowest BCUT2D eigenvalue weighted by atomic mass is 10.4. The van der Waals surface area contributed by atoms with Crippen molar-refractivity contribution >= 4 is 40.6 Å². The smallest absolute Gasteiger partial charge is 0.261 e. The van der Waals surface area contributed by atoms with E-state index in [0.29, 0.717) is 28.3 Å². The van der Waals surface area contributed by atoms with E-state index >= 15 is 0 Å². The molecule has 2 heterocycles. The summed E-state index contributed by atoms with van der Waals surface area (Å²) in [6, 6.07) is 5.31. The molecule has 22 heavy (non-hydrogen) atoms. The zero-order valence-corrected chi connectivity index (χ0v) is 14.0. The Morgan fingerprint density at radius 2 is 2.09 bits per heavy atom. The van der Waals surface area contributed by atoms with Gasteiger partial charge in [-0.2, -0.15) is 4.98 Å². The fourth-order valence-corrected chi connectivity index (χ4v) is 2.75. The molecule has 0 aliphatic heterocycles. The van der Waals surface area contributed by atoms with Gasteiger partial charge in [-0.3, -0.25) is 4.79 Å². The fourth-order valence-electron chi connectivity index (χ4n) is 1.79. The number of amides is 1. The highest BCUT2D eigenvalue weighted by molar-refractivity contribution is 7.17. The first kappa shape index (κ1) is 16.5. The van der Waals surface area contributed by atoms with Crippen molar-refractivity contribution in [2.75, 3.05) is 30.3 Å². The summed E-state index contributed by atoms with van der Waals surface area (Å²) < 4.78 is 0.604. The van der Waals surface area contributed by atoms with Gasteiger partial charge < -0.3 is 16.0 Å². The van der Waals surface area contributed by atoms with Crippen molar-refractivity contribution in [3.63, 3.8) is 0 Å². The van der Waals surface area contributed by atoms with Crippen LogP contribution >= 0.6 is 22.9 Å². The molecule has 0 aliphatic carbocycles. The second-order valence-corrected chi connectivity index (χ2v) is 6.25. The number of thiophene rings is 1. The number of hydrogen-bond donors (Lipinski definition) is 3. The van der Waals surface area contributed by atoms with Gasteiger partial charge in [0.1, 0.15) is 5.82 Å². The van der Waals surface area contributed by atoms with Crippen molar-refractivity contribution in [1.29, 1.82) is 0 Å². The quantitative estimate of drug-likeness (QED) is 0.676. The number of nitrogens with zero attached hydrogens (tertiary/aromatic N) is 2. The first-order valence-corrected chi connectivity index (χ1v) is 8.15. The van der Waals surface area contributed by atoms with Crippen LogP contribution in [0.5, 0.6) is 0 Å². The van der Waals surface area contributed by atoms with Crippen LogP contribution in [0.2, 0.25) is 4.34 Å². The van der Waals surface area contributed by atoms with Crippen LogP contribution in [0.1, 0.15) is 22.3 Å². The van der Waals surface area contributed by atoms with E-state index in [9.17, 15) is 4.79 Å². The standard InChI is InChI=1S/C14H18ClN5OS/c1-3-16-12-8-9(2)19-14(20-12)18-7-6-17-13(21)10-4-5-11(15)22-10/h4-5,8H,3,6-7H2,1-2H3,(H,17,21)(H2,16,18,19,20). The maximum Gasteiger partial charge on any atom is 0.261 e. The zero-order valence-electron chi connectivity index (χ0n) is 12.4. The number of rotatable bonds is 7. The molecule has 6 nitrogen and oxygen atoms in total. The third-order valence-electron chi connectivity index (χ3n) is 2.70. The summed E-state index contributed by atoms with van der Waals surface area (Å²) in [5.74, 6) is 1.20. The van der Waals surface area contributed by atoms with E-state index in [1.165, 1.54) is 11.3 Å². The van der Waals surface area contributed by atoms with E-state index in [-0.39, 0.29) is 5.91 Å². The average Bonchev–Trinajstić information content (AvgIpc) is 2.90. The van der Waals surface area contributed by atoms with Gasteiger partial charge in [0, 0.05) is 31.4 Å². The van der Waals surface area contributed by atoms with Crippen molar-refractivity contribution in [1.82, 2.24) is 15.3 Å². The van der Waals surface area contributed by atoms with E-state index in [1.807, 2.05) is 19.9 Å². The van der Waals surface area contributed by atoms with Gasteiger partial charge in [-0.1, -0.05) is 11.6 Å². The topological polar surface area (TPSA) is 78.9 Å². The summed E-state index contributed by atoms with van der Waals surface area (Å²) in [6.07, 6.45) is 0. The number of aromatic nitrogens is 2. The molecule has 2 aromatic rings. The number of carbonyl (C=O) groups is 1. The SMILES string of the molecule is CCNc1cc(C)nc(NCCNC(=O)c2ccc(Cl)s2)n1. The molecule has 0 spiro atoms. The first-order valence-electron chi connectivity index (χ1n) is 6.95. The lowest BCUT2D eigenvalue weighted by Crippen LogP contribution is -2.28. The summed E-state index contributed by atoms with van der Waals surface area (Å²) >= 11 is 7.06. The second kappa shape index (κ2) is 7.95. The molecule has 0 saturated carbocycles. The number of carbonyl (C=O) groups excluding carboxylic acids is 1. The largest absolute Gasteiger partial charge is 0.370 e. The van der Waals surface area contributed by atoms with Crippen LogP contribution in [0.25, 0.3) is 0 Å². The maximum absolute atomic E-state index is 11.8. The molecule has 0 saturated heterocycles. The molecule has 0 radical (unpaired) electrons. The Bertz CT molecular complexity index is 646. The summed E-state index contributed by atoms with van der Waals surface area (Å²) in [4.78, 5) is 21.1.